The van der Waals surface area contributed by atoms with Crippen LogP contribution in [-0.2, 0) is 47.7 Å². The quantitative estimate of drug-likeness (QED) is 0.408. The molecular formula is C17H24O11. The van der Waals surface area contributed by atoms with Gasteiger partial charge in [0.2, 0.25) is 0 Å². The van der Waals surface area contributed by atoms with Crippen LogP contribution in [-0.4, -0.2) is 72.1 Å². The summed E-state index contributed by atoms with van der Waals surface area (Å²) in [5, 5.41) is 10.2. The van der Waals surface area contributed by atoms with E-state index < -0.39 is 61.2 Å². The zero-order valence-electron chi connectivity index (χ0n) is 16.0. The Morgan fingerprint density at radius 1 is 0.786 bits per heavy atom. The third-order valence-corrected chi connectivity index (χ3v) is 3.61. The fourth-order valence-electron chi connectivity index (χ4n) is 2.50. The van der Waals surface area contributed by atoms with Crippen molar-refractivity contribution < 1.29 is 52.8 Å². The molecule has 1 rings (SSSR count). The van der Waals surface area contributed by atoms with E-state index in [2.05, 4.69) is 0 Å². The van der Waals surface area contributed by atoms with Crippen molar-refractivity contribution in [3.63, 3.8) is 0 Å². The number of ketones is 1. The van der Waals surface area contributed by atoms with Crippen molar-refractivity contribution in [3.05, 3.63) is 0 Å². The number of aliphatic hydroxyl groups is 1. The zero-order valence-corrected chi connectivity index (χ0v) is 16.0. The molecule has 1 N–H and O–H groups in total. The maximum Gasteiger partial charge on any atom is 0.306 e. The summed E-state index contributed by atoms with van der Waals surface area (Å²) in [6, 6.07) is 0. The first kappa shape index (κ1) is 23.5. The van der Waals surface area contributed by atoms with Crippen LogP contribution in [0.15, 0.2) is 0 Å². The number of hydrogen-bond donors (Lipinski definition) is 1. The molecule has 1 aliphatic rings. The predicted molar refractivity (Wildman–Crippen MR) is 88.4 cm³/mol. The molecule has 11 nitrogen and oxygen atoms in total. The van der Waals surface area contributed by atoms with Crippen molar-refractivity contribution in [2.75, 3.05) is 6.61 Å². The van der Waals surface area contributed by atoms with Crippen LogP contribution in [0.3, 0.4) is 0 Å². The van der Waals surface area contributed by atoms with Gasteiger partial charge in [-0.3, -0.25) is 19.2 Å². The zero-order chi connectivity index (χ0) is 21.4. The van der Waals surface area contributed by atoms with Gasteiger partial charge in [-0.05, 0) is 6.92 Å². The lowest BCUT2D eigenvalue weighted by molar-refractivity contribution is -0.296. The fourth-order valence-corrected chi connectivity index (χ4v) is 2.50. The molecule has 28 heavy (non-hydrogen) atoms. The molecule has 0 spiro atoms. The minimum Gasteiger partial charge on any atom is -0.463 e. The van der Waals surface area contributed by atoms with E-state index in [9.17, 15) is 29.1 Å². The number of carbonyl (C=O) groups excluding carboxylic acids is 5. The number of hydrogen-bond acceptors (Lipinski definition) is 11. The van der Waals surface area contributed by atoms with E-state index in [1.807, 2.05) is 0 Å². The van der Waals surface area contributed by atoms with E-state index in [0.29, 0.717) is 0 Å². The third kappa shape index (κ3) is 7.61. The van der Waals surface area contributed by atoms with Gasteiger partial charge in [0.25, 0.3) is 0 Å². The minimum atomic E-state index is -1.77. The summed E-state index contributed by atoms with van der Waals surface area (Å²) < 4.78 is 25.4. The lowest BCUT2D eigenvalue weighted by Gasteiger charge is -2.42. The molecule has 0 amide bonds. The number of rotatable bonds is 8. The van der Waals surface area contributed by atoms with Crippen LogP contribution >= 0.6 is 0 Å². The third-order valence-electron chi connectivity index (χ3n) is 3.61. The molecule has 0 aliphatic carbocycles. The van der Waals surface area contributed by atoms with Gasteiger partial charge in [0, 0.05) is 27.2 Å². The predicted octanol–water partition coefficient (Wildman–Crippen LogP) is -0.589. The molecule has 0 aromatic carbocycles. The topological polar surface area (TPSA) is 152 Å². The Labute approximate surface area is 161 Å². The molecule has 1 unspecified atom stereocenters. The van der Waals surface area contributed by atoms with Gasteiger partial charge >= 0.3 is 23.9 Å². The van der Waals surface area contributed by atoms with Crippen LogP contribution in [0.2, 0.25) is 0 Å². The largest absolute Gasteiger partial charge is 0.463 e. The normalized spacial score (nSPS) is 26.7. The smallest absolute Gasteiger partial charge is 0.306 e. The highest BCUT2D eigenvalue weighted by Gasteiger charge is 2.51. The Balaban J connectivity index is 3.07. The van der Waals surface area contributed by atoms with Gasteiger partial charge in [0.1, 0.15) is 18.5 Å². The van der Waals surface area contributed by atoms with Crippen LogP contribution in [0.1, 0.15) is 40.5 Å². The van der Waals surface area contributed by atoms with E-state index in [0.717, 1.165) is 20.8 Å². The highest BCUT2D eigenvalue weighted by atomic mass is 16.7. The molecule has 158 valence electrons. The van der Waals surface area contributed by atoms with Gasteiger partial charge in [-0.25, -0.2) is 0 Å². The van der Waals surface area contributed by atoms with Gasteiger partial charge in [0.15, 0.2) is 24.6 Å². The Kier molecular flexibility index (Phi) is 9.00. The van der Waals surface area contributed by atoms with Gasteiger partial charge in [-0.1, -0.05) is 0 Å². The van der Waals surface area contributed by atoms with E-state index in [1.165, 1.54) is 6.92 Å². The summed E-state index contributed by atoms with van der Waals surface area (Å²) in [4.78, 5) is 57.0. The summed E-state index contributed by atoms with van der Waals surface area (Å²) >= 11 is 0. The molecule has 1 heterocycles. The average Bonchev–Trinajstić information content (AvgIpc) is 2.56. The fraction of sp³-hybridized carbons (Fsp3) is 0.706. The summed E-state index contributed by atoms with van der Waals surface area (Å²) in [5.41, 5.74) is 0. The maximum absolute atomic E-state index is 12.0. The summed E-state index contributed by atoms with van der Waals surface area (Å²) in [5.74, 6) is -3.31. The van der Waals surface area contributed by atoms with E-state index >= 15 is 0 Å². The number of aliphatic hydroxyl groups excluding tert-OH is 1. The summed E-state index contributed by atoms with van der Waals surface area (Å²) in [6.07, 6.45) is -7.57. The molecule has 5 atom stereocenters. The highest BCUT2D eigenvalue weighted by Crippen LogP contribution is 2.28. The van der Waals surface area contributed by atoms with Crippen LogP contribution in [0.4, 0.5) is 0 Å². The van der Waals surface area contributed by atoms with Crippen molar-refractivity contribution in [3.8, 4) is 0 Å². The highest BCUT2D eigenvalue weighted by molar-refractivity contribution is 5.81. The van der Waals surface area contributed by atoms with E-state index in [1.54, 1.807) is 0 Å². The van der Waals surface area contributed by atoms with Crippen LogP contribution in [0.25, 0.3) is 0 Å². The molecule has 11 heteroatoms. The van der Waals surface area contributed by atoms with Crippen molar-refractivity contribution in [1.82, 2.24) is 0 Å². The van der Waals surface area contributed by atoms with Gasteiger partial charge in [-0.2, -0.15) is 0 Å². The maximum atomic E-state index is 12.0. The van der Waals surface area contributed by atoms with Crippen molar-refractivity contribution in [2.45, 2.75) is 71.2 Å². The SMILES string of the molecule is CC(=O)CCC(=O)O[C@H]1C(O)O[C@H](COC(C)=O)[C@H](OC(C)=O)[C@@H]1OC(C)=O. The molecular weight excluding hydrogens is 380 g/mol. The molecule has 0 saturated carbocycles. The van der Waals surface area contributed by atoms with Crippen LogP contribution in [0, 0.1) is 0 Å². The molecule has 1 saturated heterocycles. The molecule has 1 fully saturated rings. The second-order valence-corrected chi connectivity index (χ2v) is 6.17. The number of ether oxygens (including phenoxy) is 5. The first-order chi connectivity index (χ1) is 13.0. The molecule has 0 aromatic rings. The second-order valence-electron chi connectivity index (χ2n) is 6.17. The molecule has 0 radical (unpaired) electrons. The Hall–Kier alpha value is -2.53. The van der Waals surface area contributed by atoms with Crippen LogP contribution < -0.4 is 0 Å². The average molecular weight is 404 g/mol. The minimum absolute atomic E-state index is 0.0802. The van der Waals surface area contributed by atoms with E-state index in [4.69, 9.17) is 23.7 Å². The van der Waals surface area contributed by atoms with Gasteiger partial charge in [-0.15, -0.1) is 0 Å². The monoisotopic (exact) mass is 404 g/mol. The summed E-state index contributed by atoms with van der Waals surface area (Å²) in [7, 11) is 0. The number of Topliss-reactive ketones (excluding diaryl/α,β-unsaturated/α-hetero) is 1. The molecule has 0 bridgehead atoms. The lowest BCUT2D eigenvalue weighted by Crippen LogP contribution is -2.62. The Bertz CT molecular complexity index is 614. The number of esters is 4. The standard InChI is InChI=1S/C17H24O11/c1-8(18)5-6-13(22)28-16-15(26-11(4)21)14(25-10(3)20)12(27-17(16)23)7-24-9(2)19/h12,14-17,23H,5-7H2,1-4H3/t12-,14+,15+,16-,17?/m1/s1. The van der Waals surface area contributed by atoms with Gasteiger partial charge in [0.05, 0.1) is 6.42 Å². The van der Waals surface area contributed by atoms with Crippen molar-refractivity contribution >= 4 is 29.7 Å². The Morgan fingerprint density at radius 2 is 1.36 bits per heavy atom. The van der Waals surface area contributed by atoms with Crippen molar-refractivity contribution in [1.29, 1.82) is 0 Å². The first-order valence-electron chi connectivity index (χ1n) is 8.51. The first-order valence-corrected chi connectivity index (χ1v) is 8.51. The Morgan fingerprint density at radius 3 is 1.86 bits per heavy atom. The van der Waals surface area contributed by atoms with Gasteiger partial charge < -0.3 is 33.6 Å². The lowest BCUT2D eigenvalue weighted by atomic mass is 9.98. The molecule has 1 aliphatic heterocycles. The van der Waals surface area contributed by atoms with E-state index in [-0.39, 0.29) is 18.6 Å². The second kappa shape index (κ2) is 10.7. The number of carbonyl (C=O) groups is 5. The molecule has 0 aromatic heterocycles. The van der Waals surface area contributed by atoms with Crippen LogP contribution in [0.5, 0.6) is 0 Å². The summed E-state index contributed by atoms with van der Waals surface area (Å²) in [6.45, 7) is 4.19. The van der Waals surface area contributed by atoms with Crippen molar-refractivity contribution in [2.24, 2.45) is 0 Å².